The normalized spacial score (nSPS) is 10.2. The Hall–Kier alpha value is -1.21. The third-order valence-corrected chi connectivity index (χ3v) is 2.58. The van der Waals surface area contributed by atoms with Crippen molar-refractivity contribution in [2.75, 3.05) is 20.1 Å². The summed E-state index contributed by atoms with van der Waals surface area (Å²) in [5.41, 5.74) is 7.57. The average Bonchev–Trinajstić information content (AvgIpc) is 2.80. The Morgan fingerprint density at radius 3 is 2.62 bits per heavy atom. The lowest BCUT2D eigenvalue weighted by Gasteiger charge is -2.05. The van der Waals surface area contributed by atoms with Gasteiger partial charge in [-0.2, -0.15) is 0 Å². The highest BCUT2D eigenvalue weighted by Crippen LogP contribution is 2.09. The van der Waals surface area contributed by atoms with Gasteiger partial charge in [0, 0.05) is 20.1 Å². The molecule has 0 saturated heterocycles. The van der Waals surface area contributed by atoms with Crippen LogP contribution < -0.4 is 16.4 Å². The smallest absolute Gasteiger partial charge is 0.188 e. The van der Waals surface area contributed by atoms with Crippen molar-refractivity contribution < 1.29 is 0 Å². The topological polar surface area (TPSA) is 91.1 Å². The molecule has 0 spiro atoms. The maximum Gasteiger partial charge on any atom is 0.188 e. The van der Waals surface area contributed by atoms with E-state index in [4.69, 9.17) is 5.73 Å². The molecule has 9 heteroatoms. The van der Waals surface area contributed by atoms with Gasteiger partial charge in [-0.15, -0.1) is 37.2 Å². The third-order valence-electron chi connectivity index (χ3n) is 2.58. The van der Waals surface area contributed by atoms with Crippen LogP contribution in [0.3, 0.4) is 0 Å². The van der Waals surface area contributed by atoms with Crippen molar-refractivity contribution >= 4 is 54.2 Å². The molecule has 2 aromatic rings. The molecule has 0 aliphatic heterocycles. The van der Waals surface area contributed by atoms with Crippen molar-refractivity contribution in [1.29, 1.82) is 0 Å². The minimum absolute atomic E-state index is 0. The fourth-order valence-electron chi connectivity index (χ4n) is 1.65. The number of H-pyrrole nitrogens is 1. The van der Waals surface area contributed by atoms with E-state index in [1.807, 2.05) is 24.3 Å². The quantitative estimate of drug-likeness (QED) is 0.371. The zero-order chi connectivity index (χ0) is 12.8. The Balaban J connectivity index is 0. The van der Waals surface area contributed by atoms with Crippen molar-refractivity contribution in [2.45, 2.75) is 6.54 Å². The number of guanidine groups is 1. The maximum atomic E-state index is 5.51. The molecule has 0 aliphatic rings. The van der Waals surface area contributed by atoms with E-state index in [1.165, 1.54) is 0 Å². The number of para-hydroxylation sites is 2. The van der Waals surface area contributed by atoms with Crippen LogP contribution in [0.1, 0.15) is 5.82 Å². The molecule has 0 bridgehead atoms. The Kier molecular flexibility index (Phi) is 12.0. The number of aromatic nitrogens is 2. The summed E-state index contributed by atoms with van der Waals surface area (Å²) in [6.45, 7) is 2.25. The Morgan fingerprint density at radius 1 is 1.24 bits per heavy atom. The van der Waals surface area contributed by atoms with Crippen LogP contribution in [-0.2, 0) is 6.54 Å². The molecule has 5 N–H and O–H groups in total. The number of imidazole rings is 1. The Morgan fingerprint density at radius 2 is 1.95 bits per heavy atom. The van der Waals surface area contributed by atoms with Crippen molar-refractivity contribution in [3.8, 4) is 0 Å². The zero-order valence-corrected chi connectivity index (χ0v) is 14.1. The zero-order valence-electron chi connectivity index (χ0n) is 11.6. The monoisotopic (exact) mass is 354 g/mol. The van der Waals surface area contributed by atoms with Crippen LogP contribution in [0.2, 0.25) is 0 Å². The van der Waals surface area contributed by atoms with Crippen molar-refractivity contribution in [3.63, 3.8) is 0 Å². The maximum absolute atomic E-state index is 5.51. The molecule has 0 amide bonds. The van der Waals surface area contributed by atoms with E-state index in [9.17, 15) is 0 Å². The molecule has 120 valence electrons. The lowest BCUT2D eigenvalue weighted by molar-refractivity contribution is 0.653. The van der Waals surface area contributed by atoms with Crippen LogP contribution in [-0.4, -0.2) is 36.1 Å². The fraction of sp³-hybridized carbons (Fsp3) is 0.333. The van der Waals surface area contributed by atoms with Crippen LogP contribution in [0, 0.1) is 0 Å². The van der Waals surface area contributed by atoms with Gasteiger partial charge in [-0.1, -0.05) is 12.1 Å². The fourth-order valence-corrected chi connectivity index (χ4v) is 1.65. The third kappa shape index (κ3) is 6.86. The standard InChI is InChI=1S/C12H18N6.3ClH/c1-14-12(13)16-7-6-15-8-11-17-9-4-2-3-5-10(9)18-11;;;/h2-5,15H,6-8H2,1H3,(H,17,18)(H3,13,14,16);3*1H. The molecule has 21 heavy (non-hydrogen) atoms. The van der Waals surface area contributed by atoms with E-state index < -0.39 is 0 Å². The molecule has 1 aromatic carbocycles. The number of hydrogen-bond acceptors (Lipinski definition) is 3. The first kappa shape index (κ1) is 22.1. The largest absolute Gasteiger partial charge is 0.370 e. The van der Waals surface area contributed by atoms with E-state index in [-0.39, 0.29) is 37.2 Å². The molecule has 0 aliphatic carbocycles. The van der Waals surface area contributed by atoms with Gasteiger partial charge in [-0.05, 0) is 12.1 Å². The SMILES string of the molecule is CN=C(N)NCCNCc1nc2ccccc2[nH]1.Cl.Cl.Cl. The van der Waals surface area contributed by atoms with Gasteiger partial charge in [0.05, 0.1) is 17.6 Å². The van der Waals surface area contributed by atoms with Crippen LogP contribution in [0.5, 0.6) is 0 Å². The predicted molar refractivity (Wildman–Crippen MR) is 95.1 cm³/mol. The van der Waals surface area contributed by atoms with Gasteiger partial charge < -0.3 is 21.4 Å². The second-order valence-electron chi connectivity index (χ2n) is 3.91. The number of fused-ring (bicyclic) bond motifs is 1. The van der Waals surface area contributed by atoms with Gasteiger partial charge >= 0.3 is 0 Å². The average molecular weight is 356 g/mol. The first-order valence-electron chi connectivity index (χ1n) is 5.90. The van der Waals surface area contributed by atoms with E-state index in [1.54, 1.807) is 7.05 Å². The van der Waals surface area contributed by atoms with Gasteiger partial charge in [0.25, 0.3) is 0 Å². The number of benzene rings is 1. The van der Waals surface area contributed by atoms with Crippen LogP contribution >= 0.6 is 37.2 Å². The minimum atomic E-state index is 0. The van der Waals surface area contributed by atoms with Gasteiger partial charge in [0.2, 0.25) is 0 Å². The van der Waals surface area contributed by atoms with Gasteiger partial charge in [0.1, 0.15) is 5.82 Å². The van der Waals surface area contributed by atoms with Crippen LogP contribution in [0.4, 0.5) is 0 Å². The summed E-state index contributed by atoms with van der Waals surface area (Å²) in [6.07, 6.45) is 0. The summed E-state index contributed by atoms with van der Waals surface area (Å²) in [7, 11) is 1.66. The van der Waals surface area contributed by atoms with Crippen molar-refractivity contribution in [1.82, 2.24) is 20.6 Å². The molecule has 1 heterocycles. The molecule has 0 unspecified atom stereocenters. The van der Waals surface area contributed by atoms with Gasteiger partial charge in [-0.25, -0.2) is 4.98 Å². The van der Waals surface area contributed by atoms with Gasteiger partial charge in [0.15, 0.2) is 5.96 Å². The number of nitrogens with one attached hydrogen (secondary N) is 3. The Labute approximate surface area is 142 Å². The number of halogens is 3. The van der Waals surface area contributed by atoms with E-state index in [0.29, 0.717) is 12.5 Å². The van der Waals surface area contributed by atoms with Crippen LogP contribution in [0.25, 0.3) is 11.0 Å². The van der Waals surface area contributed by atoms with E-state index >= 15 is 0 Å². The second kappa shape index (κ2) is 11.4. The van der Waals surface area contributed by atoms with E-state index in [2.05, 4.69) is 25.6 Å². The minimum Gasteiger partial charge on any atom is -0.370 e. The second-order valence-corrected chi connectivity index (χ2v) is 3.91. The summed E-state index contributed by atoms with van der Waals surface area (Å²) in [5, 5.41) is 6.26. The Bertz CT molecular complexity index is 510. The van der Waals surface area contributed by atoms with E-state index in [0.717, 1.165) is 29.9 Å². The molecule has 6 nitrogen and oxygen atoms in total. The first-order valence-corrected chi connectivity index (χ1v) is 5.90. The molecule has 1 aromatic heterocycles. The molecule has 0 atom stereocenters. The molecule has 0 fully saturated rings. The molecule has 0 radical (unpaired) electrons. The van der Waals surface area contributed by atoms with Crippen molar-refractivity contribution in [3.05, 3.63) is 30.1 Å². The number of rotatable bonds is 5. The number of nitrogens with zero attached hydrogens (tertiary/aromatic N) is 2. The predicted octanol–water partition coefficient (Wildman–Crippen LogP) is 1.45. The lowest BCUT2D eigenvalue weighted by atomic mass is 10.3. The number of nitrogens with two attached hydrogens (primary N) is 1. The van der Waals surface area contributed by atoms with Crippen LogP contribution in [0.15, 0.2) is 29.3 Å². The van der Waals surface area contributed by atoms with Crippen molar-refractivity contribution in [2.24, 2.45) is 10.7 Å². The molecular formula is C12H21Cl3N6. The summed E-state index contributed by atoms with van der Waals surface area (Å²) in [4.78, 5) is 11.5. The number of hydrogen-bond donors (Lipinski definition) is 4. The molecule has 0 saturated carbocycles. The highest BCUT2D eigenvalue weighted by molar-refractivity contribution is 5.86. The van der Waals surface area contributed by atoms with Gasteiger partial charge in [-0.3, -0.25) is 4.99 Å². The first-order chi connectivity index (χ1) is 8.79. The summed E-state index contributed by atoms with van der Waals surface area (Å²) < 4.78 is 0. The summed E-state index contributed by atoms with van der Waals surface area (Å²) in [6, 6.07) is 7.99. The number of aromatic amines is 1. The molecule has 2 rings (SSSR count). The highest BCUT2D eigenvalue weighted by atomic mass is 35.5. The summed E-state index contributed by atoms with van der Waals surface area (Å²) in [5.74, 6) is 1.40. The number of aliphatic imine (C=N–C) groups is 1. The lowest BCUT2D eigenvalue weighted by Crippen LogP contribution is -2.36. The summed E-state index contributed by atoms with van der Waals surface area (Å²) >= 11 is 0. The molecular weight excluding hydrogens is 335 g/mol. The highest BCUT2D eigenvalue weighted by Gasteiger charge is 2.00.